The molecule has 1 fully saturated rings. The average molecular weight is 413 g/mol. The van der Waals surface area contributed by atoms with Crippen LogP contribution < -0.4 is 19.7 Å². The van der Waals surface area contributed by atoms with Crippen molar-refractivity contribution in [2.24, 2.45) is 0 Å². The maximum Gasteiger partial charge on any atom is 0.270 e. The Bertz CT molecular complexity index is 902. The maximum atomic E-state index is 12.9. The topological polar surface area (TPSA) is 93.2 Å². The number of likely N-dealkylation sites (N-methyl/N-ethyl adjacent to an activating group) is 1. The van der Waals surface area contributed by atoms with E-state index >= 15 is 0 Å². The zero-order valence-electron chi connectivity index (χ0n) is 17.3. The molecule has 0 unspecified atom stereocenters. The molecule has 1 aromatic carbocycles. The number of nitrogens with one attached hydrogen (secondary N) is 1. The van der Waals surface area contributed by atoms with Gasteiger partial charge in [-0.05, 0) is 30.2 Å². The molecular weight excluding hydrogens is 386 g/mol. The van der Waals surface area contributed by atoms with Crippen LogP contribution in [0, 0.1) is 0 Å². The minimum atomic E-state index is -0.717. The molecule has 160 valence electrons. The number of carbonyl (C=O) groups is 1. The summed E-state index contributed by atoms with van der Waals surface area (Å²) in [5.74, 6) is 1.85. The number of methoxy groups -OCH3 is 1. The van der Waals surface area contributed by atoms with Gasteiger partial charge in [-0.25, -0.2) is 4.98 Å². The molecule has 0 spiro atoms. The summed E-state index contributed by atoms with van der Waals surface area (Å²) in [6, 6.07) is 9.25. The molecule has 0 aliphatic carbocycles. The van der Waals surface area contributed by atoms with Crippen LogP contribution in [0.3, 0.4) is 0 Å². The van der Waals surface area contributed by atoms with E-state index in [-0.39, 0.29) is 18.6 Å². The molecule has 1 aromatic heterocycles. The second-order valence-electron chi connectivity index (χ2n) is 7.63. The number of aliphatic hydroxyl groups is 1. The van der Waals surface area contributed by atoms with Gasteiger partial charge in [0.2, 0.25) is 0 Å². The first-order valence-corrected chi connectivity index (χ1v) is 10.1. The summed E-state index contributed by atoms with van der Waals surface area (Å²) in [5, 5.41) is 13.0. The molecular formula is C22H27N3O5. The van der Waals surface area contributed by atoms with Crippen molar-refractivity contribution in [1.29, 1.82) is 0 Å². The summed E-state index contributed by atoms with van der Waals surface area (Å²) < 4.78 is 16.4. The van der Waals surface area contributed by atoms with Gasteiger partial charge < -0.3 is 29.5 Å². The maximum absolute atomic E-state index is 12.9. The first kappa shape index (κ1) is 20.4. The second kappa shape index (κ2) is 8.89. The number of aromatic nitrogens is 1. The fourth-order valence-corrected chi connectivity index (χ4v) is 3.72. The Morgan fingerprint density at radius 3 is 2.87 bits per heavy atom. The monoisotopic (exact) mass is 413 g/mol. The van der Waals surface area contributed by atoms with Gasteiger partial charge in [-0.3, -0.25) is 4.79 Å². The predicted octanol–water partition coefficient (Wildman–Crippen LogP) is 1.39. The third-order valence-corrected chi connectivity index (χ3v) is 5.50. The van der Waals surface area contributed by atoms with Crippen LogP contribution in [0.15, 0.2) is 30.3 Å². The van der Waals surface area contributed by atoms with Gasteiger partial charge in [0.05, 0.1) is 32.4 Å². The van der Waals surface area contributed by atoms with Gasteiger partial charge in [-0.2, -0.15) is 0 Å². The summed E-state index contributed by atoms with van der Waals surface area (Å²) >= 11 is 0. The molecule has 2 atom stereocenters. The smallest absolute Gasteiger partial charge is 0.270 e. The van der Waals surface area contributed by atoms with Crippen LogP contribution in [0.4, 0.5) is 5.82 Å². The number of anilines is 1. The average Bonchev–Trinajstić information content (AvgIpc) is 2.76. The van der Waals surface area contributed by atoms with Crippen LogP contribution in [0.5, 0.6) is 11.5 Å². The third-order valence-electron chi connectivity index (χ3n) is 5.50. The molecule has 0 bridgehead atoms. The molecule has 2 N–H and O–H groups in total. The number of amides is 1. The van der Waals surface area contributed by atoms with Crippen molar-refractivity contribution in [3.63, 3.8) is 0 Å². The Morgan fingerprint density at radius 2 is 2.13 bits per heavy atom. The Morgan fingerprint density at radius 1 is 1.33 bits per heavy atom. The summed E-state index contributed by atoms with van der Waals surface area (Å²) in [4.78, 5) is 19.5. The predicted molar refractivity (Wildman–Crippen MR) is 111 cm³/mol. The van der Waals surface area contributed by atoms with Crippen molar-refractivity contribution in [3.05, 3.63) is 47.2 Å². The highest BCUT2D eigenvalue weighted by Gasteiger charge is 2.28. The Kier molecular flexibility index (Phi) is 6.06. The van der Waals surface area contributed by atoms with Crippen molar-refractivity contribution in [2.45, 2.75) is 25.0 Å². The van der Waals surface area contributed by atoms with Crippen LogP contribution in [0.2, 0.25) is 0 Å². The molecule has 4 rings (SSSR count). The molecule has 8 nitrogen and oxygen atoms in total. The number of rotatable bonds is 5. The van der Waals surface area contributed by atoms with E-state index in [4.69, 9.17) is 14.2 Å². The number of carbonyl (C=O) groups excluding carboxylic acids is 1. The largest absolute Gasteiger partial charge is 0.497 e. The fraction of sp³-hybridized carbons (Fsp3) is 0.455. The number of fused-ring (bicyclic) bond motifs is 1. The van der Waals surface area contributed by atoms with E-state index < -0.39 is 6.10 Å². The lowest BCUT2D eigenvalue weighted by Crippen LogP contribution is -2.49. The second-order valence-corrected chi connectivity index (χ2v) is 7.63. The zero-order chi connectivity index (χ0) is 21.1. The van der Waals surface area contributed by atoms with Crippen LogP contribution in [0.25, 0.3) is 0 Å². The van der Waals surface area contributed by atoms with E-state index in [1.165, 1.54) is 0 Å². The number of benzene rings is 1. The highest BCUT2D eigenvalue weighted by Crippen LogP contribution is 2.34. The van der Waals surface area contributed by atoms with E-state index in [9.17, 15) is 9.90 Å². The Hall–Kier alpha value is -2.84. The minimum absolute atomic E-state index is 0.224. The molecule has 2 aliphatic heterocycles. The van der Waals surface area contributed by atoms with Crippen LogP contribution in [0.1, 0.15) is 28.0 Å². The van der Waals surface area contributed by atoms with Crippen molar-refractivity contribution in [2.75, 3.05) is 45.4 Å². The minimum Gasteiger partial charge on any atom is -0.497 e. The highest BCUT2D eigenvalue weighted by atomic mass is 16.5. The molecule has 0 saturated carbocycles. The van der Waals surface area contributed by atoms with Gasteiger partial charge >= 0.3 is 0 Å². The van der Waals surface area contributed by atoms with Gasteiger partial charge in [0, 0.05) is 25.6 Å². The molecule has 1 saturated heterocycles. The molecule has 8 heteroatoms. The van der Waals surface area contributed by atoms with Gasteiger partial charge in [0.15, 0.2) is 11.6 Å². The van der Waals surface area contributed by atoms with Crippen molar-refractivity contribution in [3.8, 4) is 11.5 Å². The molecule has 2 aromatic rings. The van der Waals surface area contributed by atoms with E-state index in [0.717, 1.165) is 16.9 Å². The van der Waals surface area contributed by atoms with Crippen molar-refractivity contribution < 1.29 is 24.1 Å². The number of pyridine rings is 1. The van der Waals surface area contributed by atoms with Gasteiger partial charge in [-0.1, -0.05) is 12.1 Å². The lowest BCUT2D eigenvalue weighted by molar-refractivity contribution is -0.0261. The number of ether oxygens (including phenoxy) is 3. The standard InChI is InChI=1S/C22H27N3O5/c1-25-8-10-30-20-15(11-14-3-5-16(28-2)6-4-14)12-18(23-21(20)25)22(27)24-17-7-9-29-13-19(17)26/h3-6,12,17,19,26H,7-11,13H2,1-2H3,(H,24,27)/t17-,19+/m0/s1. The van der Waals surface area contributed by atoms with E-state index in [2.05, 4.69) is 10.3 Å². The zero-order valence-corrected chi connectivity index (χ0v) is 17.3. The highest BCUT2D eigenvalue weighted by molar-refractivity contribution is 5.93. The molecule has 0 radical (unpaired) electrons. The fourth-order valence-electron chi connectivity index (χ4n) is 3.72. The van der Waals surface area contributed by atoms with Gasteiger partial charge in [0.25, 0.3) is 5.91 Å². The lowest BCUT2D eigenvalue weighted by atomic mass is 10.0. The van der Waals surface area contributed by atoms with Crippen LogP contribution >= 0.6 is 0 Å². The van der Waals surface area contributed by atoms with E-state index in [1.807, 2.05) is 36.2 Å². The van der Waals surface area contributed by atoms with Crippen LogP contribution in [-0.4, -0.2) is 68.7 Å². The number of aliphatic hydroxyl groups excluding tert-OH is 1. The normalized spacial score (nSPS) is 20.8. The van der Waals surface area contributed by atoms with Gasteiger partial charge in [-0.15, -0.1) is 0 Å². The summed E-state index contributed by atoms with van der Waals surface area (Å²) in [5.41, 5.74) is 2.29. The van der Waals surface area contributed by atoms with Gasteiger partial charge in [0.1, 0.15) is 18.1 Å². The first-order valence-electron chi connectivity index (χ1n) is 10.1. The number of hydrogen-bond acceptors (Lipinski definition) is 7. The first-order chi connectivity index (χ1) is 14.5. The Balaban J connectivity index is 1.63. The van der Waals surface area contributed by atoms with E-state index in [0.29, 0.717) is 49.9 Å². The van der Waals surface area contributed by atoms with Crippen LogP contribution in [-0.2, 0) is 11.2 Å². The summed E-state index contributed by atoms with van der Waals surface area (Å²) in [7, 11) is 3.58. The third kappa shape index (κ3) is 4.34. The quantitative estimate of drug-likeness (QED) is 0.765. The molecule has 1 amide bonds. The van der Waals surface area contributed by atoms with E-state index in [1.54, 1.807) is 13.2 Å². The number of hydrogen-bond donors (Lipinski definition) is 2. The number of nitrogens with zero attached hydrogens (tertiary/aromatic N) is 2. The summed E-state index contributed by atoms with van der Waals surface area (Å²) in [6.07, 6.45) is 0.452. The molecule has 30 heavy (non-hydrogen) atoms. The van der Waals surface area contributed by atoms with Crippen molar-refractivity contribution in [1.82, 2.24) is 10.3 Å². The van der Waals surface area contributed by atoms with Crippen molar-refractivity contribution >= 4 is 11.7 Å². The Labute approximate surface area is 175 Å². The molecule has 3 heterocycles. The SMILES string of the molecule is COc1ccc(Cc2cc(C(=O)N[C@H]3CCOC[C@H]3O)nc3c2OCCN3C)cc1. The molecule has 2 aliphatic rings. The lowest BCUT2D eigenvalue weighted by Gasteiger charge is -2.30. The summed E-state index contributed by atoms with van der Waals surface area (Å²) in [6.45, 7) is 2.01.